The highest BCUT2D eigenvalue weighted by Crippen LogP contribution is 2.38. The second kappa shape index (κ2) is 9.56. The number of carbonyl (C=O) groups excluding carboxylic acids is 1. The first-order chi connectivity index (χ1) is 17.3. The number of allylic oxidation sites excluding steroid dienone is 2. The number of aromatic nitrogens is 2. The summed E-state index contributed by atoms with van der Waals surface area (Å²) in [7, 11) is 0. The average molecular weight is 491 g/mol. The lowest BCUT2D eigenvalue weighted by atomic mass is 9.98. The van der Waals surface area contributed by atoms with E-state index in [9.17, 15) is 9.18 Å². The standard InChI is InChI=1S/C27H28F2N6O/c1-15(30)26(16(2)32-11-17-7-8-17)20-9-22(29)23(10-21(20)28)34-27(36)33-13-25-19-6-4-3-5-18(19)24-12-31-14-35(24)25/h3-6,9-10,12,14,17,25,30,32H,7-8,11,13H2,1-2H3,(H2,33,34,36)/b26-16+,30-15?. The fraction of sp³-hybridized carbons (Fsp3) is 0.296. The lowest BCUT2D eigenvalue weighted by Gasteiger charge is -2.17. The van der Waals surface area contributed by atoms with Gasteiger partial charge in [0.1, 0.15) is 11.6 Å². The molecule has 0 bridgehead atoms. The molecule has 0 saturated heterocycles. The molecule has 0 spiro atoms. The molecule has 1 atom stereocenters. The van der Waals surface area contributed by atoms with Crippen molar-refractivity contribution >= 4 is 23.0 Å². The molecule has 2 aliphatic rings. The first kappa shape index (κ1) is 23.7. The molecule has 5 rings (SSSR count). The van der Waals surface area contributed by atoms with E-state index in [1.54, 1.807) is 26.4 Å². The molecule has 7 nitrogen and oxygen atoms in total. The highest BCUT2D eigenvalue weighted by Gasteiger charge is 2.28. The van der Waals surface area contributed by atoms with E-state index < -0.39 is 17.7 Å². The minimum atomic E-state index is -0.779. The first-order valence-corrected chi connectivity index (χ1v) is 12.0. The number of halogens is 2. The molecule has 4 N–H and O–H groups in total. The van der Waals surface area contributed by atoms with Crippen LogP contribution in [0.15, 0.2) is 54.6 Å². The summed E-state index contributed by atoms with van der Waals surface area (Å²) in [4.78, 5) is 16.8. The summed E-state index contributed by atoms with van der Waals surface area (Å²) < 4.78 is 32.0. The molecule has 2 heterocycles. The van der Waals surface area contributed by atoms with Gasteiger partial charge in [-0.25, -0.2) is 18.6 Å². The molecule has 186 valence electrons. The molecule has 0 radical (unpaired) electrons. The number of urea groups is 1. The number of imidazole rings is 1. The molecule has 1 saturated carbocycles. The number of amides is 2. The van der Waals surface area contributed by atoms with Crippen molar-refractivity contribution in [2.24, 2.45) is 5.92 Å². The van der Waals surface area contributed by atoms with E-state index in [-0.39, 0.29) is 29.5 Å². The molecule has 1 aliphatic carbocycles. The van der Waals surface area contributed by atoms with Gasteiger partial charge in [0.2, 0.25) is 0 Å². The van der Waals surface area contributed by atoms with Gasteiger partial charge < -0.3 is 25.9 Å². The van der Waals surface area contributed by atoms with Crippen LogP contribution in [0.3, 0.4) is 0 Å². The highest BCUT2D eigenvalue weighted by atomic mass is 19.1. The van der Waals surface area contributed by atoms with Gasteiger partial charge in [0.25, 0.3) is 0 Å². The molecule has 1 unspecified atom stereocenters. The van der Waals surface area contributed by atoms with E-state index in [2.05, 4.69) is 20.9 Å². The summed E-state index contributed by atoms with van der Waals surface area (Å²) in [5.74, 6) is -0.899. The van der Waals surface area contributed by atoms with Gasteiger partial charge in [-0.1, -0.05) is 24.3 Å². The fourth-order valence-electron chi connectivity index (χ4n) is 4.72. The van der Waals surface area contributed by atoms with Crippen molar-refractivity contribution in [2.75, 3.05) is 18.4 Å². The topological polar surface area (TPSA) is 94.8 Å². The van der Waals surface area contributed by atoms with Gasteiger partial charge >= 0.3 is 6.03 Å². The Hall–Kier alpha value is -4.01. The van der Waals surface area contributed by atoms with Gasteiger partial charge in [0.05, 0.1) is 29.9 Å². The Morgan fingerprint density at radius 2 is 1.89 bits per heavy atom. The van der Waals surface area contributed by atoms with Gasteiger partial charge in [0.15, 0.2) is 0 Å². The Morgan fingerprint density at radius 1 is 1.11 bits per heavy atom. The van der Waals surface area contributed by atoms with E-state index in [1.165, 1.54) is 0 Å². The van der Waals surface area contributed by atoms with Crippen molar-refractivity contribution in [3.05, 3.63) is 77.4 Å². The Labute approximate surface area is 208 Å². The van der Waals surface area contributed by atoms with Crippen LogP contribution in [0.2, 0.25) is 0 Å². The number of hydrogen-bond acceptors (Lipinski definition) is 4. The van der Waals surface area contributed by atoms with Crippen LogP contribution in [0.25, 0.3) is 16.8 Å². The second-order valence-corrected chi connectivity index (χ2v) is 9.39. The van der Waals surface area contributed by atoms with Gasteiger partial charge in [-0.15, -0.1) is 0 Å². The van der Waals surface area contributed by atoms with Crippen LogP contribution in [0.4, 0.5) is 19.3 Å². The van der Waals surface area contributed by atoms with Crippen LogP contribution in [0.1, 0.15) is 43.9 Å². The lowest BCUT2D eigenvalue weighted by Crippen LogP contribution is -2.33. The average Bonchev–Trinajstić information content (AvgIpc) is 3.46. The highest BCUT2D eigenvalue weighted by molar-refractivity contribution is 6.22. The Morgan fingerprint density at radius 3 is 2.64 bits per heavy atom. The number of nitrogens with zero attached hydrogens (tertiary/aromatic N) is 2. The summed E-state index contributed by atoms with van der Waals surface area (Å²) in [6.45, 7) is 4.31. The van der Waals surface area contributed by atoms with Crippen LogP contribution in [-0.4, -0.2) is 34.4 Å². The van der Waals surface area contributed by atoms with Crippen LogP contribution in [-0.2, 0) is 0 Å². The zero-order valence-corrected chi connectivity index (χ0v) is 20.2. The smallest absolute Gasteiger partial charge is 0.319 e. The van der Waals surface area contributed by atoms with E-state index in [1.807, 2.05) is 28.8 Å². The number of anilines is 1. The predicted molar refractivity (Wildman–Crippen MR) is 136 cm³/mol. The van der Waals surface area contributed by atoms with E-state index in [0.717, 1.165) is 48.3 Å². The van der Waals surface area contributed by atoms with Gasteiger partial charge in [-0.05, 0) is 44.2 Å². The third-order valence-electron chi connectivity index (χ3n) is 6.73. The number of fused-ring (bicyclic) bond motifs is 3. The number of carbonyl (C=O) groups is 1. The minimum Gasteiger partial charge on any atom is -0.388 e. The summed E-state index contributed by atoms with van der Waals surface area (Å²) >= 11 is 0. The second-order valence-electron chi connectivity index (χ2n) is 9.39. The SMILES string of the molecule is CC(=N)/C(=C(/C)NCC1CC1)c1cc(F)c(NC(=O)NCC2c3ccccc3-c3cncn32)cc1F. The van der Waals surface area contributed by atoms with Crippen LogP contribution < -0.4 is 16.0 Å². The Balaban J connectivity index is 1.29. The monoisotopic (exact) mass is 490 g/mol. The number of rotatable bonds is 8. The van der Waals surface area contributed by atoms with Crippen molar-refractivity contribution < 1.29 is 13.6 Å². The Bertz CT molecular complexity index is 1370. The molecular weight excluding hydrogens is 462 g/mol. The quantitative estimate of drug-likeness (QED) is 0.322. The molecule has 9 heteroatoms. The largest absolute Gasteiger partial charge is 0.388 e. The molecule has 2 amide bonds. The number of hydrogen-bond donors (Lipinski definition) is 4. The summed E-state index contributed by atoms with van der Waals surface area (Å²) in [5.41, 5.74) is 3.87. The number of nitrogens with one attached hydrogen (secondary N) is 4. The molecule has 1 aromatic heterocycles. The summed E-state index contributed by atoms with van der Waals surface area (Å²) in [6, 6.07) is 9.09. The summed E-state index contributed by atoms with van der Waals surface area (Å²) in [5, 5.41) is 16.5. The van der Waals surface area contributed by atoms with Crippen LogP contribution in [0.5, 0.6) is 0 Å². The van der Waals surface area contributed by atoms with E-state index in [4.69, 9.17) is 5.41 Å². The van der Waals surface area contributed by atoms with Crippen molar-refractivity contribution in [3.63, 3.8) is 0 Å². The fourth-order valence-corrected chi connectivity index (χ4v) is 4.72. The van der Waals surface area contributed by atoms with Crippen LogP contribution in [0, 0.1) is 23.0 Å². The van der Waals surface area contributed by atoms with E-state index in [0.29, 0.717) is 17.2 Å². The minimum absolute atomic E-state index is 0.0121. The zero-order chi connectivity index (χ0) is 25.4. The maximum Gasteiger partial charge on any atom is 0.319 e. The van der Waals surface area contributed by atoms with Gasteiger partial charge in [0, 0.05) is 47.3 Å². The maximum atomic E-state index is 15.1. The molecule has 1 aliphatic heterocycles. The third kappa shape index (κ3) is 4.60. The van der Waals surface area contributed by atoms with E-state index >= 15 is 4.39 Å². The predicted octanol–water partition coefficient (Wildman–Crippen LogP) is 5.32. The Kier molecular flexibility index (Phi) is 6.30. The van der Waals surface area contributed by atoms with Crippen molar-refractivity contribution in [1.82, 2.24) is 20.2 Å². The maximum absolute atomic E-state index is 15.1. The summed E-state index contributed by atoms with van der Waals surface area (Å²) in [6.07, 6.45) is 5.80. The molecule has 3 aromatic rings. The van der Waals surface area contributed by atoms with Crippen LogP contribution >= 0.6 is 0 Å². The molecule has 1 fully saturated rings. The first-order valence-electron chi connectivity index (χ1n) is 12.0. The zero-order valence-electron chi connectivity index (χ0n) is 20.2. The molecule has 2 aromatic carbocycles. The number of benzene rings is 2. The van der Waals surface area contributed by atoms with Gasteiger partial charge in [-0.3, -0.25) is 0 Å². The molecule has 36 heavy (non-hydrogen) atoms. The lowest BCUT2D eigenvalue weighted by molar-refractivity contribution is 0.251. The van der Waals surface area contributed by atoms with Crippen molar-refractivity contribution in [2.45, 2.75) is 32.7 Å². The third-order valence-corrected chi connectivity index (χ3v) is 6.73. The molecular formula is C27H28F2N6O. The van der Waals surface area contributed by atoms with Gasteiger partial charge in [-0.2, -0.15) is 0 Å². The van der Waals surface area contributed by atoms with Crippen molar-refractivity contribution in [1.29, 1.82) is 5.41 Å². The van der Waals surface area contributed by atoms with Crippen molar-refractivity contribution in [3.8, 4) is 11.3 Å². The normalized spacial score (nSPS) is 16.6.